The second-order valence-corrected chi connectivity index (χ2v) is 5.46. The minimum atomic E-state index is -0.744. The predicted molar refractivity (Wildman–Crippen MR) is 72.0 cm³/mol. The van der Waals surface area contributed by atoms with Crippen LogP contribution in [0.5, 0.6) is 0 Å². The first-order valence-corrected chi connectivity index (χ1v) is 6.29. The number of nitrogens with two attached hydrogens (primary N) is 1. The molecule has 2 rings (SSSR count). The Morgan fingerprint density at radius 2 is 2.28 bits per heavy atom. The van der Waals surface area contributed by atoms with Crippen LogP contribution in [0.3, 0.4) is 0 Å². The van der Waals surface area contributed by atoms with E-state index in [1.54, 1.807) is 25.1 Å². The molecule has 1 aromatic carbocycles. The van der Waals surface area contributed by atoms with Crippen molar-refractivity contribution in [3.05, 3.63) is 28.2 Å². The molecule has 0 radical (unpaired) electrons. The number of amides is 1. The van der Waals surface area contributed by atoms with E-state index in [1.165, 1.54) is 0 Å². The van der Waals surface area contributed by atoms with E-state index in [0.29, 0.717) is 28.9 Å². The normalized spacial score (nSPS) is 27.2. The number of rotatable bonds is 2. The fourth-order valence-electron chi connectivity index (χ4n) is 1.78. The first-order valence-electron chi connectivity index (χ1n) is 5.53. The second-order valence-electron chi connectivity index (χ2n) is 4.62. The van der Waals surface area contributed by atoms with Gasteiger partial charge in [-0.3, -0.25) is 4.79 Å². The molecule has 1 heterocycles. The third-order valence-corrected chi connectivity index (χ3v) is 3.78. The minimum absolute atomic E-state index is 0.211. The van der Waals surface area contributed by atoms with E-state index in [1.807, 2.05) is 0 Å². The topological polar surface area (TPSA) is 64.3 Å². The molecule has 1 fully saturated rings. The molecule has 0 saturated carbocycles. The average molecular weight is 289 g/mol. The van der Waals surface area contributed by atoms with Crippen LogP contribution < -0.4 is 11.1 Å². The number of halogens is 2. The molecule has 1 aliphatic rings. The Balaban J connectivity index is 2.19. The number of nitrogens with one attached hydrogen (secondary N) is 1. The van der Waals surface area contributed by atoms with Crippen molar-refractivity contribution >= 4 is 34.8 Å². The van der Waals surface area contributed by atoms with E-state index in [-0.39, 0.29) is 11.9 Å². The SMILES string of the molecule is CC1(C(=O)Nc2cc(Cl)ccc2Cl)COCC1N. The van der Waals surface area contributed by atoms with Gasteiger partial charge in [0.15, 0.2) is 0 Å². The van der Waals surface area contributed by atoms with Gasteiger partial charge in [-0.1, -0.05) is 23.2 Å². The summed E-state index contributed by atoms with van der Waals surface area (Å²) >= 11 is 11.9. The van der Waals surface area contributed by atoms with Crippen molar-refractivity contribution in [3.8, 4) is 0 Å². The minimum Gasteiger partial charge on any atom is -0.379 e. The molecule has 98 valence electrons. The molecule has 18 heavy (non-hydrogen) atoms. The number of ether oxygens (including phenoxy) is 1. The third kappa shape index (κ3) is 2.47. The van der Waals surface area contributed by atoms with Crippen LogP contribution in [0.25, 0.3) is 0 Å². The van der Waals surface area contributed by atoms with Crippen molar-refractivity contribution in [3.63, 3.8) is 0 Å². The van der Waals surface area contributed by atoms with E-state index in [4.69, 9.17) is 33.7 Å². The van der Waals surface area contributed by atoms with Gasteiger partial charge in [0.2, 0.25) is 5.91 Å². The fraction of sp³-hybridized carbons (Fsp3) is 0.417. The van der Waals surface area contributed by atoms with Gasteiger partial charge in [0.1, 0.15) is 0 Å². The molecule has 2 unspecified atom stereocenters. The van der Waals surface area contributed by atoms with Gasteiger partial charge in [0.25, 0.3) is 0 Å². The Morgan fingerprint density at radius 1 is 1.56 bits per heavy atom. The molecule has 1 aliphatic heterocycles. The molecule has 2 atom stereocenters. The van der Waals surface area contributed by atoms with Crippen LogP contribution in [0.15, 0.2) is 18.2 Å². The average Bonchev–Trinajstić information content (AvgIpc) is 2.66. The standard InChI is InChI=1S/C12H14Cl2N2O2/c1-12(6-18-5-10(12)15)11(17)16-9-4-7(13)2-3-8(9)14/h2-4,10H,5-6,15H2,1H3,(H,16,17). The highest BCUT2D eigenvalue weighted by Gasteiger charge is 2.44. The molecule has 0 bridgehead atoms. The lowest BCUT2D eigenvalue weighted by Crippen LogP contribution is -2.47. The van der Waals surface area contributed by atoms with Gasteiger partial charge in [0, 0.05) is 11.1 Å². The van der Waals surface area contributed by atoms with E-state index in [9.17, 15) is 4.79 Å². The first-order chi connectivity index (χ1) is 8.43. The molecule has 1 amide bonds. The second kappa shape index (κ2) is 5.05. The zero-order valence-electron chi connectivity index (χ0n) is 9.87. The van der Waals surface area contributed by atoms with Crippen LogP contribution in [-0.2, 0) is 9.53 Å². The Hall–Kier alpha value is -0.810. The van der Waals surface area contributed by atoms with Gasteiger partial charge >= 0.3 is 0 Å². The number of carbonyl (C=O) groups is 1. The van der Waals surface area contributed by atoms with Crippen LogP contribution in [0.4, 0.5) is 5.69 Å². The summed E-state index contributed by atoms with van der Waals surface area (Å²) in [5.74, 6) is -0.211. The number of hydrogen-bond acceptors (Lipinski definition) is 3. The molecule has 4 nitrogen and oxygen atoms in total. The quantitative estimate of drug-likeness (QED) is 0.878. The predicted octanol–water partition coefficient (Wildman–Crippen LogP) is 2.30. The van der Waals surface area contributed by atoms with Gasteiger partial charge in [0.05, 0.1) is 29.3 Å². The maximum absolute atomic E-state index is 12.2. The Labute approximate surface area is 115 Å². The zero-order valence-corrected chi connectivity index (χ0v) is 11.4. The highest BCUT2D eigenvalue weighted by molar-refractivity contribution is 6.35. The summed E-state index contributed by atoms with van der Waals surface area (Å²) in [7, 11) is 0. The Bertz CT molecular complexity index is 481. The van der Waals surface area contributed by atoms with Crippen LogP contribution >= 0.6 is 23.2 Å². The van der Waals surface area contributed by atoms with Crippen LogP contribution in [0.2, 0.25) is 10.0 Å². The van der Waals surface area contributed by atoms with Crippen molar-refractivity contribution < 1.29 is 9.53 Å². The summed E-state index contributed by atoms with van der Waals surface area (Å²) in [6, 6.07) is 4.57. The maximum atomic E-state index is 12.2. The molecule has 0 aromatic heterocycles. The number of benzene rings is 1. The third-order valence-electron chi connectivity index (χ3n) is 3.21. The van der Waals surface area contributed by atoms with Gasteiger partial charge < -0.3 is 15.8 Å². The molecular formula is C12H14Cl2N2O2. The van der Waals surface area contributed by atoms with Crippen LogP contribution in [0, 0.1) is 5.41 Å². The number of hydrogen-bond donors (Lipinski definition) is 2. The first kappa shape index (κ1) is 13.6. The van der Waals surface area contributed by atoms with Gasteiger partial charge in [-0.05, 0) is 25.1 Å². The van der Waals surface area contributed by atoms with E-state index in [0.717, 1.165) is 0 Å². The number of anilines is 1. The Morgan fingerprint density at radius 3 is 2.89 bits per heavy atom. The molecule has 1 saturated heterocycles. The molecule has 0 spiro atoms. The lowest BCUT2D eigenvalue weighted by atomic mass is 9.85. The summed E-state index contributed by atoms with van der Waals surface area (Å²) in [5.41, 5.74) is 5.63. The monoisotopic (exact) mass is 288 g/mol. The smallest absolute Gasteiger partial charge is 0.234 e. The molecule has 3 N–H and O–H groups in total. The lowest BCUT2D eigenvalue weighted by molar-refractivity contribution is -0.125. The van der Waals surface area contributed by atoms with Crippen molar-refractivity contribution in [1.82, 2.24) is 0 Å². The van der Waals surface area contributed by atoms with Crippen LogP contribution in [-0.4, -0.2) is 25.2 Å². The maximum Gasteiger partial charge on any atom is 0.234 e. The highest BCUT2D eigenvalue weighted by Crippen LogP contribution is 2.31. The lowest BCUT2D eigenvalue weighted by Gasteiger charge is -2.25. The Kier molecular flexibility index (Phi) is 3.82. The van der Waals surface area contributed by atoms with E-state index >= 15 is 0 Å². The van der Waals surface area contributed by atoms with Crippen molar-refractivity contribution in [2.45, 2.75) is 13.0 Å². The summed E-state index contributed by atoms with van der Waals surface area (Å²) < 4.78 is 5.24. The molecular weight excluding hydrogens is 275 g/mol. The van der Waals surface area contributed by atoms with Crippen molar-refractivity contribution in [2.75, 3.05) is 18.5 Å². The van der Waals surface area contributed by atoms with Crippen LogP contribution in [0.1, 0.15) is 6.92 Å². The summed E-state index contributed by atoms with van der Waals surface area (Å²) in [6.07, 6.45) is 0. The molecule has 1 aromatic rings. The summed E-state index contributed by atoms with van der Waals surface area (Å²) in [4.78, 5) is 12.2. The van der Waals surface area contributed by atoms with E-state index < -0.39 is 5.41 Å². The zero-order chi connectivity index (χ0) is 13.3. The summed E-state index contributed by atoms with van der Waals surface area (Å²) in [6.45, 7) is 2.46. The van der Waals surface area contributed by atoms with Gasteiger partial charge in [-0.25, -0.2) is 0 Å². The van der Waals surface area contributed by atoms with Crippen molar-refractivity contribution in [1.29, 1.82) is 0 Å². The van der Waals surface area contributed by atoms with E-state index in [2.05, 4.69) is 5.32 Å². The van der Waals surface area contributed by atoms with Gasteiger partial charge in [-0.2, -0.15) is 0 Å². The largest absolute Gasteiger partial charge is 0.379 e. The fourth-order valence-corrected chi connectivity index (χ4v) is 2.12. The highest BCUT2D eigenvalue weighted by atomic mass is 35.5. The molecule has 6 heteroatoms. The summed E-state index contributed by atoms with van der Waals surface area (Å²) in [5, 5.41) is 3.69. The van der Waals surface area contributed by atoms with Gasteiger partial charge in [-0.15, -0.1) is 0 Å². The number of carbonyl (C=O) groups excluding carboxylic acids is 1. The van der Waals surface area contributed by atoms with Crippen molar-refractivity contribution in [2.24, 2.45) is 11.1 Å². The molecule has 0 aliphatic carbocycles.